The third-order valence-corrected chi connectivity index (χ3v) is 4.69. The Balaban J connectivity index is 2.06. The molecule has 0 bridgehead atoms. The fraction of sp³-hybridized carbons (Fsp3) is 0.364. The van der Waals surface area contributed by atoms with Gasteiger partial charge in [0.2, 0.25) is 0 Å². The summed E-state index contributed by atoms with van der Waals surface area (Å²) in [7, 11) is 2.68. The van der Waals surface area contributed by atoms with E-state index in [0.29, 0.717) is 0 Å². The highest BCUT2D eigenvalue weighted by molar-refractivity contribution is 8.14. The summed E-state index contributed by atoms with van der Waals surface area (Å²) in [5.41, 5.74) is 1.07. The van der Waals surface area contributed by atoms with Crippen molar-refractivity contribution >= 4 is 49.8 Å². The SMILES string of the molecule is CC1(CS)CSC(Nc2ccc(P)cc2)=N1. The molecule has 1 aliphatic heterocycles. The van der Waals surface area contributed by atoms with Gasteiger partial charge in [0.05, 0.1) is 5.54 Å². The monoisotopic (exact) mass is 270 g/mol. The molecule has 86 valence electrons. The van der Waals surface area contributed by atoms with Gasteiger partial charge >= 0.3 is 0 Å². The number of anilines is 1. The van der Waals surface area contributed by atoms with Gasteiger partial charge in [0.1, 0.15) is 0 Å². The summed E-state index contributed by atoms with van der Waals surface area (Å²) in [5.74, 6) is 1.79. The number of nitrogens with one attached hydrogen (secondary N) is 1. The minimum Gasteiger partial charge on any atom is -0.335 e. The first-order valence-electron chi connectivity index (χ1n) is 5.07. The van der Waals surface area contributed by atoms with Gasteiger partial charge in [-0.15, -0.1) is 9.24 Å². The Bertz CT molecular complexity index is 405. The van der Waals surface area contributed by atoms with Gasteiger partial charge in [0, 0.05) is 17.2 Å². The van der Waals surface area contributed by atoms with Gasteiger partial charge in [-0.05, 0) is 24.4 Å². The first-order chi connectivity index (χ1) is 7.61. The highest BCUT2D eigenvalue weighted by Gasteiger charge is 2.29. The molecule has 0 aromatic heterocycles. The molecule has 0 aliphatic carbocycles. The molecule has 0 amide bonds. The minimum absolute atomic E-state index is 0.0172. The average Bonchev–Trinajstić information content (AvgIpc) is 2.65. The van der Waals surface area contributed by atoms with Crippen molar-refractivity contribution in [2.24, 2.45) is 4.99 Å². The number of benzene rings is 1. The number of amidine groups is 1. The van der Waals surface area contributed by atoms with Crippen LogP contribution in [0.5, 0.6) is 0 Å². The van der Waals surface area contributed by atoms with Crippen LogP contribution in [-0.2, 0) is 0 Å². The van der Waals surface area contributed by atoms with Crippen LogP contribution in [0.15, 0.2) is 29.3 Å². The molecule has 1 N–H and O–H groups in total. The summed E-state index contributed by atoms with van der Waals surface area (Å²) in [6, 6.07) is 8.24. The number of nitrogens with zero attached hydrogens (tertiary/aromatic N) is 1. The first-order valence-corrected chi connectivity index (χ1v) is 7.27. The second-order valence-corrected chi connectivity index (χ2v) is 6.05. The molecule has 1 aromatic rings. The molecule has 2 unspecified atom stereocenters. The average molecular weight is 270 g/mol. The Morgan fingerprint density at radius 2 is 2.19 bits per heavy atom. The molecule has 1 heterocycles. The zero-order chi connectivity index (χ0) is 11.6. The second-order valence-electron chi connectivity index (χ2n) is 4.11. The standard InChI is InChI=1S/C11H15N2PS2/c1-11(6-15)7-16-10(13-11)12-8-2-4-9(14)5-3-8/h2-5,15H,6-7,14H2,1H3,(H,12,13). The van der Waals surface area contributed by atoms with Crippen molar-refractivity contribution in [1.29, 1.82) is 0 Å². The molecule has 5 heteroatoms. The van der Waals surface area contributed by atoms with Crippen molar-refractivity contribution in [3.05, 3.63) is 24.3 Å². The van der Waals surface area contributed by atoms with E-state index in [4.69, 9.17) is 0 Å². The van der Waals surface area contributed by atoms with Crippen molar-refractivity contribution in [3.63, 3.8) is 0 Å². The van der Waals surface area contributed by atoms with Crippen molar-refractivity contribution in [3.8, 4) is 0 Å². The third kappa shape index (κ3) is 2.93. The second kappa shape index (κ2) is 4.99. The molecule has 0 saturated heterocycles. The maximum atomic E-state index is 4.64. The van der Waals surface area contributed by atoms with Gasteiger partial charge in [-0.3, -0.25) is 4.99 Å². The highest BCUT2D eigenvalue weighted by Crippen LogP contribution is 2.29. The zero-order valence-electron chi connectivity index (χ0n) is 9.10. The van der Waals surface area contributed by atoms with Crippen LogP contribution in [0, 0.1) is 0 Å². The van der Waals surface area contributed by atoms with Crippen LogP contribution in [0.4, 0.5) is 5.69 Å². The van der Waals surface area contributed by atoms with E-state index in [2.05, 4.69) is 63.4 Å². The molecule has 0 spiro atoms. The number of thioether (sulfide) groups is 1. The normalized spacial score (nSPS) is 24.3. The Morgan fingerprint density at radius 1 is 1.50 bits per heavy atom. The molecule has 1 aromatic carbocycles. The third-order valence-electron chi connectivity index (χ3n) is 2.39. The number of hydrogen-bond donors (Lipinski definition) is 2. The van der Waals surface area contributed by atoms with E-state index < -0.39 is 0 Å². The minimum atomic E-state index is -0.0172. The van der Waals surface area contributed by atoms with Crippen LogP contribution in [0.2, 0.25) is 0 Å². The van der Waals surface area contributed by atoms with Crippen LogP contribution in [0.1, 0.15) is 6.92 Å². The van der Waals surface area contributed by atoms with E-state index in [1.165, 1.54) is 5.30 Å². The predicted molar refractivity (Wildman–Crippen MR) is 81.6 cm³/mol. The quantitative estimate of drug-likeness (QED) is 0.637. The van der Waals surface area contributed by atoms with Crippen molar-refractivity contribution in [1.82, 2.24) is 0 Å². The Hall–Kier alpha value is -0.180. The van der Waals surface area contributed by atoms with Crippen LogP contribution >= 0.6 is 33.6 Å². The molecule has 2 rings (SSSR count). The molecule has 0 radical (unpaired) electrons. The van der Waals surface area contributed by atoms with E-state index in [1.807, 2.05) is 0 Å². The fourth-order valence-electron chi connectivity index (χ4n) is 1.37. The maximum Gasteiger partial charge on any atom is 0.161 e. The van der Waals surface area contributed by atoms with Gasteiger partial charge in [0.25, 0.3) is 0 Å². The van der Waals surface area contributed by atoms with Crippen LogP contribution in [0.3, 0.4) is 0 Å². The molecular weight excluding hydrogens is 255 g/mol. The van der Waals surface area contributed by atoms with Crippen LogP contribution in [0.25, 0.3) is 0 Å². The summed E-state index contributed by atoms with van der Waals surface area (Å²) in [6.45, 7) is 2.13. The highest BCUT2D eigenvalue weighted by atomic mass is 32.2. The summed E-state index contributed by atoms with van der Waals surface area (Å²) in [5, 5.41) is 5.51. The number of aliphatic imine (C=N–C) groups is 1. The largest absolute Gasteiger partial charge is 0.335 e. The lowest BCUT2D eigenvalue weighted by Crippen LogP contribution is -2.24. The van der Waals surface area contributed by atoms with Crippen LogP contribution < -0.4 is 10.6 Å². The number of hydrogen-bond acceptors (Lipinski definition) is 4. The van der Waals surface area contributed by atoms with Crippen molar-refractivity contribution in [2.75, 3.05) is 16.8 Å². The van der Waals surface area contributed by atoms with Gasteiger partial charge < -0.3 is 5.32 Å². The summed E-state index contributed by atoms with van der Waals surface area (Å²) < 4.78 is 0. The molecule has 0 saturated carbocycles. The van der Waals surface area contributed by atoms with Gasteiger partial charge in [-0.1, -0.05) is 23.9 Å². The zero-order valence-corrected chi connectivity index (χ0v) is 12.0. The molecule has 2 atom stereocenters. The van der Waals surface area contributed by atoms with E-state index in [-0.39, 0.29) is 5.54 Å². The lowest BCUT2D eigenvalue weighted by molar-refractivity contribution is 0.618. The summed E-state index contributed by atoms with van der Waals surface area (Å²) in [4.78, 5) is 4.64. The molecule has 2 nitrogen and oxygen atoms in total. The van der Waals surface area contributed by atoms with Gasteiger partial charge in [0.15, 0.2) is 5.17 Å². The van der Waals surface area contributed by atoms with Crippen LogP contribution in [-0.4, -0.2) is 22.2 Å². The van der Waals surface area contributed by atoms with E-state index in [1.54, 1.807) is 11.8 Å². The fourth-order valence-corrected chi connectivity index (χ4v) is 2.98. The smallest absolute Gasteiger partial charge is 0.161 e. The number of thiol groups is 1. The van der Waals surface area contributed by atoms with Gasteiger partial charge in [-0.25, -0.2) is 0 Å². The summed E-state index contributed by atoms with van der Waals surface area (Å²) in [6.07, 6.45) is 0. The molecule has 16 heavy (non-hydrogen) atoms. The maximum absolute atomic E-state index is 4.64. The van der Waals surface area contributed by atoms with Gasteiger partial charge in [-0.2, -0.15) is 12.6 Å². The lowest BCUT2D eigenvalue weighted by Gasteiger charge is -2.14. The van der Waals surface area contributed by atoms with Crippen molar-refractivity contribution < 1.29 is 0 Å². The number of rotatable bonds is 2. The van der Waals surface area contributed by atoms with E-state index in [9.17, 15) is 0 Å². The lowest BCUT2D eigenvalue weighted by atomic mass is 10.1. The molecular formula is C11H15N2PS2. The Kier molecular flexibility index (Phi) is 3.83. The Morgan fingerprint density at radius 3 is 2.75 bits per heavy atom. The van der Waals surface area contributed by atoms with Crippen molar-refractivity contribution in [2.45, 2.75) is 12.5 Å². The topological polar surface area (TPSA) is 24.4 Å². The molecule has 1 aliphatic rings. The first kappa shape index (κ1) is 12.3. The van der Waals surface area contributed by atoms with E-state index in [0.717, 1.165) is 22.4 Å². The van der Waals surface area contributed by atoms with E-state index >= 15 is 0 Å². The summed E-state index contributed by atoms with van der Waals surface area (Å²) >= 11 is 6.09. The Labute approximate surface area is 108 Å². The molecule has 0 fully saturated rings. The predicted octanol–water partition coefficient (Wildman–Crippen LogP) is 2.39.